The van der Waals surface area contributed by atoms with Crippen LogP contribution in [-0.2, 0) is 9.59 Å². The number of aryl methyl sites for hydroxylation is 1. The first kappa shape index (κ1) is 52.8. The van der Waals surface area contributed by atoms with E-state index in [1.165, 1.54) is 30.5 Å². The van der Waals surface area contributed by atoms with Crippen molar-refractivity contribution in [2.45, 2.75) is 103 Å². The van der Waals surface area contributed by atoms with E-state index in [2.05, 4.69) is 58.6 Å². The molecule has 16 nitrogen and oxygen atoms in total. The molecule has 7 aromatic rings. The van der Waals surface area contributed by atoms with Gasteiger partial charge >= 0.3 is 6.01 Å². The van der Waals surface area contributed by atoms with Crippen molar-refractivity contribution in [3.05, 3.63) is 101 Å². The van der Waals surface area contributed by atoms with Gasteiger partial charge in [-0.3, -0.25) is 19.5 Å². The highest BCUT2D eigenvalue weighted by Gasteiger charge is 2.41. The molecule has 4 fully saturated rings. The Morgan fingerprint density at radius 1 is 0.962 bits per heavy atom. The van der Waals surface area contributed by atoms with Crippen LogP contribution < -0.4 is 25.0 Å². The number of terminal acetylenes is 1. The van der Waals surface area contributed by atoms with Crippen LogP contribution in [-0.4, -0.2) is 122 Å². The Hall–Kier alpha value is -7.27. The number of thiazole rings is 1. The number of carbonyl (C=O) groups is 2. The van der Waals surface area contributed by atoms with E-state index >= 15 is 8.78 Å². The first-order valence-electron chi connectivity index (χ1n) is 27.1. The number of ether oxygens (including phenoxy) is 2. The minimum atomic E-state index is -0.760. The Balaban J connectivity index is 0.683. The molecule has 4 saturated heterocycles. The van der Waals surface area contributed by atoms with Crippen LogP contribution in [0.15, 0.2) is 70.8 Å². The monoisotopic (exact) mass is 1080 g/mol. The number of phenols is 1. The number of pyridine rings is 1. The number of nitrogens with one attached hydrogen (secondary N) is 2. The number of anilines is 1. The molecule has 4 aliphatic rings. The number of benzene rings is 3. The van der Waals surface area contributed by atoms with Crippen molar-refractivity contribution in [2.24, 2.45) is 11.8 Å². The summed E-state index contributed by atoms with van der Waals surface area (Å²) in [5.74, 6) is 1.48. The van der Waals surface area contributed by atoms with Gasteiger partial charge in [0.25, 0.3) is 5.88 Å². The molecule has 2 amide bonds. The third-order valence-electron chi connectivity index (χ3n) is 16.1. The Morgan fingerprint density at radius 2 is 1.74 bits per heavy atom. The standard InChI is InChI=1S/C59H64F2N10O6S/c1-6-43-46(60)16-13-39-26-42(72)27-44(51(39)43)53-52(61)54-45(29-62-53)56(70-30-40-14-15-41(31-70)65-40)67-59(66-54)76-25-23-69-21-17-36(18-22-69)19-24-75-49-28-48(77-68-49)50(33(2)3)58(74)71-20-7-8-47(71)57(73)64-34(4)37-9-11-38(12-10-37)55-35(5)63-32-78-55/h1,9-13,16,26-29,32-34,36,40-41,47,50,65,72H,7-8,14-15,17-25,30-31H2,2-5H3,(H,64,73)/t34-,40?,41?,47-,50-/m0/s1. The van der Waals surface area contributed by atoms with Gasteiger partial charge in [0.15, 0.2) is 11.6 Å². The lowest BCUT2D eigenvalue weighted by Gasteiger charge is -2.34. The van der Waals surface area contributed by atoms with Gasteiger partial charge in [0.1, 0.15) is 47.2 Å². The van der Waals surface area contributed by atoms with Gasteiger partial charge < -0.3 is 39.5 Å². The molecule has 3 aromatic carbocycles. The van der Waals surface area contributed by atoms with E-state index in [0.717, 1.165) is 73.3 Å². The van der Waals surface area contributed by atoms with Crippen LogP contribution in [0, 0.1) is 42.7 Å². The second kappa shape index (κ2) is 22.6. The van der Waals surface area contributed by atoms with Crippen molar-refractivity contribution in [1.29, 1.82) is 0 Å². The van der Waals surface area contributed by atoms with E-state index in [4.69, 9.17) is 25.4 Å². The number of amides is 2. The van der Waals surface area contributed by atoms with Crippen LogP contribution in [0.5, 0.6) is 17.6 Å². The van der Waals surface area contributed by atoms with Gasteiger partial charge in [0.05, 0.1) is 39.7 Å². The maximum Gasteiger partial charge on any atom is 0.319 e. The predicted octanol–water partition coefficient (Wildman–Crippen LogP) is 9.34. The van der Waals surface area contributed by atoms with Crippen molar-refractivity contribution in [3.8, 4) is 51.7 Å². The predicted molar refractivity (Wildman–Crippen MR) is 294 cm³/mol. The Morgan fingerprint density at radius 3 is 2.47 bits per heavy atom. The second-order valence-corrected chi connectivity index (χ2v) is 22.4. The van der Waals surface area contributed by atoms with Crippen molar-refractivity contribution in [2.75, 3.05) is 57.4 Å². The van der Waals surface area contributed by atoms with Gasteiger partial charge in [-0.1, -0.05) is 50.1 Å². The molecule has 8 heterocycles. The number of hydrogen-bond acceptors (Lipinski definition) is 15. The summed E-state index contributed by atoms with van der Waals surface area (Å²) in [6.45, 7) is 12.8. The van der Waals surface area contributed by atoms with E-state index in [1.807, 2.05) is 45.3 Å². The first-order chi connectivity index (χ1) is 37.8. The van der Waals surface area contributed by atoms with Gasteiger partial charge in [0, 0.05) is 61.5 Å². The van der Waals surface area contributed by atoms with Gasteiger partial charge in [-0.15, -0.1) is 17.8 Å². The minimum Gasteiger partial charge on any atom is -0.508 e. The second-order valence-electron chi connectivity index (χ2n) is 21.6. The number of halogens is 2. The van der Waals surface area contributed by atoms with Crippen molar-refractivity contribution < 1.29 is 37.5 Å². The van der Waals surface area contributed by atoms with E-state index in [1.54, 1.807) is 22.3 Å². The highest BCUT2D eigenvalue weighted by atomic mass is 32.1. The number of likely N-dealkylation sites (tertiary alicyclic amines) is 2. The van der Waals surface area contributed by atoms with Crippen LogP contribution in [0.3, 0.4) is 0 Å². The SMILES string of the molecule is C#Cc1c(F)ccc2cc(O)cc(-c3ncc4c(N5CC6CCC(C5)N6)nc(OCCN5CCC(CCOc6cc([C@@H](C(=O)N7CCC[C@H]7C(=O)N[C@@H](C)c7ccc(-c8scnc8C)cc7)C(C)C)on6)CC5)nc4c3F)c12. The minimum absolute atomic E-state index is 0.00290. The highest BCUT2D eigenvalue weighted by Crippen LogP contribution is 2.40. The number of rotatable bonds is 17. The number of aromatic hydroxyl groups is 1. The molecular weight excluding hydrogens is 1010 g/mol. The summed E-state index contributed by atoms with van der Waals surface area (Å²) < 4.78 is 50.2. The third-order valence-corrected chi connectivity index (χ3v) is 17.1. The topological polar surface area (TPSA) is 184 Å². The van der Waals surface area contributed by atoms with Crippen molar-refractivity contribution in [3.63, 3.8) is 0 Å². The van der Waals surface area contributed by atoms with Crippen LogP contribution in [0.1, 0.15) is 100 Å². The van der Waals surface area contributed by atoms with Gasteiger partial charge in [-0.2, -0.15) is 9.97 Å². The molecule has 0 aliphatic carbocycles. The number of piperidine rings is 1. The summed E-state index contributed by atoms with van der Waals surface area (Å²) in [5, 5.41) is 22.8. The van der Waals surface area contributed by atoms with E-state index < -0.39 is 23.6 Å². The van der Waals surface area contributed by atoms with Crippen molar-refractivity contribution in [1.82, 2.24) is 45.5 Å². The largest absolute Gasteiger partial charge is 0.508 e. The quantitative estimate of drug-likeness (QED) is 0.0733. The fourth-order valence-corrected chi connectivity index (χ4v) is 12.7. The summed E-state index contributed by atoms with van der Waals surface area (Å²) in [4.78, 5) is 53.7. The average molecular weight is 1080 g/mol. The van der Waals surface area contributed by atoms with E-state index in [0.29, 0.717) is 73.4 Å². The number of nitrogens with zero attached hydrogens (tertiary/aromatic N) is 8. The molecule has 5 atom stereocenters. The Labute approximate surface area is 455 Å². The summed E-state index contributed by atoms with van der Waals surface area (Å²) in [6, 6.07) is 15.1. The summed E-state index contributed by atoms with van der Waals surface area (Å²) in [5.41, 5.74) is 4.87. The van der Waals surface area contributed by atoms with Gasteiger partial charge in [0.2, 0.25) is 11.8 Å². The van der Waals surface area contributed by atoms with Gasteiger partial charge in [-0.05, 0) is 124 Å². The first-order valence-corrected chi connectivity index (χ1v) is 28.0. The van der Waals surface area contributed by atoms with Gasteiger partial charge in [-0.25, -0.2) is 13.8 Å². The number of hydrogen-bond donors (Lipinski definition) is 3. The lowest BCUT2D eigenvalue weighted by Crippen LogP contribution is -2.51. The molecule has 3 N–H and O–H groups in total. The van der Waals surface area contributed by atoms with E-state index in [-0.39, 0.29) is 81.9 Å². The molecule has 11 rings (SSSR count). The molecule has 406 valence electrons. The average Bonchev–Trinajstić information content (AvgIpc) is 4.33. The van der Waals surface area contributed by atoms with Crippen LogP contribution in [0.4, 0.5) is 14.6 Å². The van der Waals surface area contributed by atoms with E-state index in [9.17, 15) is 14.7 Å². The molecular formula is C59H64F2N10O6S. The zero-order valence-corrected chi connectivity index (χ0v) is 45.1. The maximum atomic E-state index is 17.0. The Bertz CT molecular complexity index is 3380. The Kier molecular flexibility index (Phi) is 15.3. The summed E-state index contributed by atoms with van der Waals surface area (Å²) in [7, 11) is 0. The fraction of sp³-hybridized carbons (Fsp3) is 0.441. The number of phenolic OH excluding ortho intramolecular Hbond substituents is 1. The molecule has 2 bridgehead atoms. The molecule has 0 radical (unpaired) electrons. The number of piperazine rings is 1. The molecule has 0 saturated carbocycles. The number of carbonyl (C=O) groups excluding carboxylic acids is 2. The zero-order valence-electron chi connectivity index (χ0n) is 44.3. The summed E-state index contributed by atoms with van der Waals surface area (Å²) >= 11 is 1.60. The maximum absolute atomic E-state index is 17.0. The van der Waals surface area contributed by atoms with Crippen LogP contribution in [0.2, 0.25) is 0 Å². The molecule has 78 heavy (non-hydrogen) atoms. The lowest BCUT2D eigenvalue weighted by molar-refractivity contribution is -0.141. The third kappa shape index (κ3) is 10.8. The molecule has 4 aliphatic heterocycles. The zero-order chi connectivity index (χ0) is 54.2. The number of aromatic nitrogens is 5. The number of fused-ring (bicyclic) bond motifs is 4. The summed E-state index contributed by atoms with van der Waals surface area (Å²) in [6.07, 6.45) is 13.4. The van der Waals surface area contributed by atoms with Crippen molar-refractivity contribution >= 4 is 50.6 Å². The lowest BCUT2D eigenvalue weighted by atomic mass is 9.91. The molecule has 2 unspecified atom stereocenters. The molecule has 19 heteroatoms. The highest BCUT2D eigenvalue weighted by molar-refractivity contribution is 7.13. The molecule has 4 aromatic heterocycles. The normalized spacial score (nSPS) is 19.6. The smallest absolute Gasteiger partial charge is 0.319 e. The fourth-order valence-electron chi connectivity index (χ4n) is 11.9. The van der Waals surface area contributed by atoms with Crippen LogP contribution >= 0.6 is 11.3 Å². The van der Waals surface area contributed by atoms with Crippen LogP contribution in [0.25, 0.3) is 43.4 Å². The molecule has 0 spiro atoms.